The Morgan fingerprint density at radius 3 is 2.71 bits per heavy atom. The summed E-state index contributed by atoms with van der Waals surface area (Å²) in [7, 11) is 0. The normalized spacial score (nSPS) is 10.2. The zero-order chi connectivity index (χ0) is 14.5. The average molecular weight is 279 g/mol. The van der Waals surface area contributed by atoms with Gasteiger partial charge in [-0.25, -0.2) is 9.67 Å². The van der Waals surface area contributed by atoms with Crippen molar-refractivity contribution in [3.63, 3.8) is 0 Å². The molecule has 0 saturated carbocycles. The topological polar surface area (TPSA) is 79.7 Å². The van der Waals surface area contributed by atoms with Crippen molar-refractivity contribution in [2.75, 3.05) is 5.32 Å². The Labute approximate surface area is 121 Å². The third kappa shape index (κ3) is 3.28. The molecule has 1 aromatic carbocycles. The van der Waals surface area contributed by atoms with Gasteiger partial charge in [-0.3, -0.25) is 0 Å². The molecular formula is C15H13N5O. The SMILES string of the molecule is N#Cc1ccc(CNc2ccc(Cn3cncn3)cc2)o1. The highest BCUT2D eigenvalue weighted by Gasteiger charge is 2.01. The average Bonchev–Trinajstić information content (AvgIpc) is 3.18. The zero-order valence-electron chi connectivity index (χ0n) is 11.2. The number of nitrogens with one attached hydrogen (secondary N) is 1. The summed E-state index contributed by atoms with van der Waals surface area (Å²) in [5.74, 6) is 1.06. The minimum Gasteiger partial charge on any atom is -0.449 e. The minimum atomic E-state index is 0.329. The van der Waals surface area contributed by atoms with Crippen LogP contribution < -0.4 is 5.32 Å². The fourth-order valence-corrected chi connectivity index (χ4v) is 1.95. The molecule has 3 rings (SSSR count). The fourth-order valence-electron chi connectivity index (χ4n) is 1.95. The molecule has 0 spiro atoms. The molecule has 0 aliphatic heterocycles. The minimum absolute atomic E-state index is 0.329. The van der Waals surface area contributed by atoms with Gasteiger partial charge in [-0.1, -0.05) is 12.1 Å². The zero-order valence-corrected chi connectivity index (χ0v) is 11.2. The lowest BCUT2D eigenvalue weighted by Gasteiger charge is -2.06. The number of nitrogens with zero attached hydrogens (tertiary/aromatic N) is 4. The van der Waals surface area contributed by atoms with E-state index in [1.807, 2.05) is 30.3 Å². The van der Waals surface area contributed by atoms with E-state index in [-0.39, 0.29) is 0 Å². The van der Waals surface area contributed by atoms with E-state index in [1.54, 1.807) is 23.1 Å². The predicted octanol–water partition coefficient (Wildman–Crippen LogP) is 2.40. The summed E-state index contributed by atoms with van der Waals surface area (Å²) >= 11 is 0. The number of aromatic nitrogens is 3. The molecule has 21 heavy (non-hydrogen) atoms. The second-order valence-electron chi connectivity index (χ2n) is 4.52. The molecule has 0 amide bonds. The van der Waals surface area contributed by atoms with E-state index in [2.05, 4.69) is 15.4 Å². The molecule has 0 radical (unpaired) electrons. The van der Waals surface area contributed by atoms with Crippen molar-refractivity contribution in [3.05, 3.63) is 66.1 Å². The number of hydrogen-bond acceptors (Lipinski definition) is 5. The van der Waals surface area contributed by atoms with Gasteiger partial charge in [0, 0.05) is 5.69 Å². The maximum Gasteiger partial charge on any atom is 0.203 e. The number of hydrogen-bond donors (Lipinski definition) is 1. The molecular weight excluding hydrogens is 266 g/mol. The van der Waals surface area contributed by atoms with Gasteiger partial charge in [-0.15, -0.1) is 0 Å². The predicted molar refractivity (Wildman–Crippen MR) is 76.3 cm³/mol. The van der Waals surface area contributed by atoms with Gasteiger partial charge in [-0.05, 0) is 29.8 Å². The van der Waals surface area contributed by atoms with Gasteiger partial charge < -0.3 is 9.73 Å². The van der Waals surface area contributed by atoms with Crippen molar-refractivity contribution in [1.29, 1.82) is 5.26 Å². The monoisotopic (exact) mass is 279 g/mol. The summed E-state index contributed by atoms with van der Waals surface area (Å²) < 4.78 is 7.08. The van der Waals surface area contributed by atoms with Crippen LogP contribution in [-0.2, 0) is 13.1 Å². The molecule has 3 aromatic rings. The van der Waals surface area contributed by atoms with Crippen LogP contribution in [0.4, 0.5) is 5.69 Å². The molecule has 0 aliphatic rings. The molecule has 0 saturated heterocycles. The van der Waals surface area contributed by atoms with Crippen LogP contribution in [0.25, 0.3) is 0 Å². The van der Waals surface area contributed by atoms with Crippen molar-refractivity contribution in [3.8, 4) is 6.07 Å². The Balaban J connectivity index is 1.58. The highest BCUT2D eigenvalue weighted by Crippen LogP contribution is 2.13. The highest BCUT2D eigenvalue weighted by atomic mass is 16.3. The van der Waals surface area contributed by atoms with E-state index in [0.717, 1.165) is 17.0 Å². The van der Waals surface area contributed by atoms with E-state index < -0.39 is 0 Å². The number of furan rings is 1. The first-order chi connectivity index (χ1) is 10.3. The van der Waals surface area contributed by atoms with Gasteiger partial charge in [0.05, 0.1) is 13.1 Å². The van der Waals surface area contributed by atoms with Crippen LogP contribution in [0.1, 0.15) is 17.1 Å². The van der Waals surface area contributed by atoms with Gasteiger partial charge in [0.2, 0.25) is 5.76 Å². The van der Waals surface area contributed by atoms with Gasteiger partial charge in [0.15, 0.2) is 0 Å². The van der Waals surface area contributed by atoms with E-state index in [0.29, 0.717) is 18.8 Å². The largest absolute Gasteiger partial charge is 0.449 e. The maximum atomic E-state index is 8.70. The van der Waals surface area contributed by atoms with Crippen LogP contribution in [0.5, 0.6) is 0 Å². The lowest BCUT2D eigenvalue weighted by atomic mass is 10.2. The molecule has 0 atom stereocenters. The first kappa shape index (κ1) is 12.9. The lowest BCUT2D eigenvalue weighted by molar-refractivity contribution is 0.506. The van der Waals surface area contributed by atoms with Crippen molar-refractivity contribution in [1.82, 2.24) is 14.8 Å². The van der Waals surface area contributed by atoms with Crippen molar-refractivity contribution in [2.24, 2.45) is 0 Å². The molecule has 1 N–H and O–H groups in total. The molecule has 6 heteroatoms. The second kappa shape index (κ2) is 5.92. The Bertz CT molecular complexity index is 737. The molecule has 2 aromatic heterocycles. The van der Waals surface area contributed by atoms with Gasteiger partial charge in [-0.2, -0.15) is 10.4 Å². The quantitative estimate of drug-likeness (QED) is 0.775. The van der Waals surface area contributed by atoms with Crippen molar-refractivity contribution >= 4 is 5.69 Å². The summed E-state index contributed by atoms with van der Waals surface area (Å²) in [6.45, 7) is 1.24. The van der Waals surface area contributed by atoms with E-state index in [9.17, 15) is 0 Å². The lowest BCUT2D eigenvalue weighted by Crippen LogP contribution is -2.01. The molecule has 104 valence electrons. The third-order valence-corrected chi connectivity index (χ3v) is 3.00. The molecule has 0 unspecified atom stereocenters. The van der Waals surface area contributed by atoms with Gasteiger partial charge in [0.25, 0.3) is 0 Å². The van der Waals surface area contributed by atoms with Crippen LogP contribution in [0.3, 0.4) is 0 Å². The first-order valence-electron chi connectivity index (χ1n) is 6.47. The van der Waals surface area contributed by atoms with Crippen molar-refractivity contribution < 1.29 is 4.42 Å². The Hall–Kier alpha value is -3.07. The van der Waals surface area contributed by atoms with E-state index in [1.165, 1.54) is 6.33 Å². The molecule has 0 fully saturated rings. The van der Waals surface area contributed by atoms with Crippen LogP contribution in [0.15, 0.2) is 53.5 Å². The molecule has 0 bridgehead atoms. The summed E-state index contributed by atoms with van der Waals surface area (Å²) in [4.78, 5) is 3.91. The fraction of sp³-hybridized carbons (Fsp3) is 0.133. The van der Waals surface area contributed by atoms with Gasteiger partial charge in [0.1, 0.15) is 24.5 Å². The van der Waals surface area contributed by atoms with Crippen LogP contribution in [0.2, 0.25) is 0 Å². The van der Waals surface area contributed by atoms with E-state index in [4.69, 9.17) is 9.68 Å². The number of benzene rings is 1. The summed E-state index contributed by atoms with van der Waals surface area (Å²) in [6.07, 6.45) is 3.21. The number of nitriles is 1. The molecule has 2 heterocycles. The molecule has 0 aliphatic carbocycles. The third-order valence-electron chi connectivity index (χ3n) is 3.00. The Kier molecular flexibility index (Phi) is 3.65. The second-order valence-corrected chi connectivity index (χ2v) is 4.52. The smallest absolute Gasteiger partial charge is 0.203 e. The van der Waals surface area contributed by atoms with Crippen LogP contribution >= 0.6 is 0 Å². The maximum absolute atomic E-state index is 8.70. The summed E-state index contributed by atoms with van der Waals surface area (Å²) in [5, 5.41) is 16.0. The molecule has 6 nitrogen and oxygen atoms in total. The van der Waals surface area contributed by atoms with E-state index >= 15 is 0 Å². The van der Waals surface area contributed by atoms with Crippen molar-refractivity contribution in [2.45, 2.75) is 13.1 Å². The Morgan fingerprint density at radius 1 is 1.19 bits per heavy atom. The van der Waals surface area contributed by atoms with Crippen LogP contribution in [-0.4, -0.2) is 14.8 Å². The summed E-state index contributed by atoms with van der Waals surface area (Å²) in [6, 6.07) is 13.5. The first-order valence-corrected chi connectivity index (χ1v) is 6.47. The summed E-state index contributed by atoms with van der Waals surface area (Å²) in [5.41, 5.74) is 2.14. The standard InChI is InChI=1S/C15H13N5O/c16-7-14-5-6-15(21-14)8-18-13-3-1-12(2-4-13)9-20-11-17-10-19-20/h1-6,10-11,18H,8-9H2. The number of anilines is 1. The highest BCUT2D eigenvalue weighted by molar-refractivity contribution is 5.44. The Morgan fingerprint density at radius 2 is 2.05 bits per heavy atom. The van der Waals surface area contributed by atoms with Gasteiger partial charge >= 0.3 is 0 Å². The van der Waals surface area contributed by atoms with Crippen LogP contribution in [0, 0.1) is 11.3 Å². The number of rotatable bonds is 5.